The molecule has 120 valence electrons. The molecule has 1 saturated carbocycles. The Hall–Kier alpha value is -2.21. The maximum atomic E-state index is 12.2. The third kappa shape index (κ3) is 3.59. The number of anilines is 2. The van der Waals surface area contributed by atoms with Gasteiger partial charge in [0.05, 0.1) is 0 Å². The van der Waals surface area contributed by atoms with Crippen LogP contribution in [0.1, 0.15) is 43.0 Å². The van der Waals surface area contributed by atoms with Gasteiger partial charge in [0, 0.05) is 35.8 Å². The van der Waals surface area contributed by atoms with E-state index >= 15 is 0 Å². The van der Waals surface area contributed by atoms with E-state index < -0.39 is 0 Å². The minimum Gasteiger partial charge on any atom is -0.310 e. The number of nitrogens with zero attached hydrogens (tertiary/aromatic N) is 2. The predicted octanol–water partition coefficient (Wildman–Crippen LogP) is 3.69. The van der Waals surface area contributed by atoms with E-state index in [4.69, 9.17) is 0 Å². The molecule has 1 aliphatic carbocycles. The molecule has 1 N–H and O–H groups in total. The van der Waals surface area contributed by atoms with Crippen molar-refractivity contribution in [1.29, 1.82) is 0 Å². The molecule has 6 heteroatoms. The lowest BCUT2D eigenvalue weighted by atomic mass is 10.1. The molecular weight excluding hydrogens is 310 g/mol. The second-order valence-corrected chi connectivity index (χ2v) is 6.56. The summed E-state index contributed by atoms with van der Waals surface area (Å²) in [6, 6.07) is 7.47. The third-order valence-corrected chi connectivity index (χ3v) is 4.78. The molecule has 0 radical (unpaired) electrons. The zero-order valence-corrected chi connectivity index (χ0v) is 13.8. The first-order chi connectivity index (χ1) is 11.1. The van der Waals surface area contributed by atoms with Crippen molar-refractivity contribution in [3.8, 4) is 0 Å². The minimum absolute atomic E-state index is 0.0527. The molecule has 1 aromatic carbocycles. The van der Waals surface area contributed by atoms with Crippen LogP contribution in [0.3, 0.4) is 0 Å². The Morgan fingerprint density at radius 1 is 1.22 bits per heavy atom. The quantitative estimate of drug-likeness (QED) is 0.930. The van der Waals surface area contributed by atoms with Gasteiger partial charge in [-0.25, -0.2) is 4.98 Å². The summed E-state index contributed by atoms with van der Waals surface area (Å²) >= 11 is 1.38. The third-order valence-electron chi connectivity index (χ3n) is 4.09. The van der Waals surface area contributed by atoms with Gasteiger partial charge >= 0.3 is 0 Å². The second kappa shape index (κ2) is 6.91. The van der Waals surface area contributed by atoms with Crippen molar-refractivity contribution in [3.05, 3.63) is 41.4 Å². The van der Waals surface area contributed by atoms with Crippen molar-refractivity contribution in [3.63, 3.8) is 0 Å². The second-order valence-electron chi connectivity index (χ2n) is 5.67. The molecule has 1 heterocycles. The topological polar surface area (TPSA) is 62.3 Å². The number of aromatic nitrogens is 1. The number of rotatable bonds is 4. The zero-order valence-electron chi connectivity index (χ0n) is 13.0. The van der Waals surface area contributed by atoms with Crippen molar-refractivity contribution in [2.75, 3.05) is 10.2 Å². The molecule has 1 aromatic heterocycles. The normalized spacial score (nSPS) is 14.7. The van der Waals surface area contributed by atoms with Crippen LogP contribution in [0.25, 0.3) is 0 Å². The Morgan fingerprint density at radius 2 is 1.91 bits per heavy atom. The van der Waals surface area contributed by atoms with Gasteiger partial charge < -0.3 is 4.90 Å². The molecule has 0 saturated heterocycles. The average molecular weight is 329 g/mol. The summed E-state index contributed by atoms with van der Waals surface area (Å²) in [5.41, 5.74) is 1.41. The monoisotopic (exact) mass is 329 g/mol. The van der Waals surface area contributed by atoms with Gasteiger partial charge in [-0.15, -0.1) is 11.3 Å². The number of carbonyl (C=O) groups excluding carboxylic acids is 2. The Kier molecular flexibility index (Phi) is 4.71. The van der Waals surface area contributed by atoms with E-state index in [1.807, 2.05) is 22.4 Å². The van der Waals surface area contributed by atoms with Gasteiger partial charge in [0.1, 0.15) is 0 Å². The van der Waals surface area contributed by atoms with E-state index in [1.54, 1.807) is 25.3 Å². The molecule has 2 aromatic rings. The molecule has 1 fully saturated rings. The predicted molar refractivity (Wildman–Crippen MR) is 91.9 cm³/mol. The highest BCUT2D eigenvalue weighted by Crippen LogP contribution is 2.28. The summed E-state index contributed by atoms with van der Waals surface area (Å²) in [6.07, 6.45) is 6.08. The summed E-state index contributed by atoms with van der Waals surface area (Å²) < 4.78 is 0. The summed E-state index contributed by atoms with van der Waals surface area (Å²) in [6.45, 7) is 1.60. The van der Waals surface area contributed by atoms with Gasteiger partial charge in [-0.1, -0.05) is 12.8 Å². The fourth-order valence-electron chi connectivity index (χ4n) is 3.04. The highest BCUT2D eigenvalue weighted by molar-refractivity contribution is 7.13. The van der Waals surface area contributed by atoms with E-state index in [9.17, 15) is 9.59 Å². The molecule has 0 bridgehead atoms. The molecule has 0 atom stereocenters. The van der Waals surface area contributed by atoms with Crippen LogP contribution in [-0.4, -0.2) is 22.8 Å². The lowest BCUT2D eigenvalue weighted by Gasteiger charge is -2.28. The fraction of sp³-hybridized carbons (Fsp3) is 0.353. The Bertz CT molecular complexity index is 676. The zero-order chi connectivity index (χ0) is 16.2. The van der Waals surface area contributed by atoms with Gasteiger partial charge in [-0.2, -0.15) is 0 Å². The van der Waals surface area contributed by atoms with Gasteiger partial charge in [-0.3, -0.25) is 14.9 Å². The molecule has 0 unspecified atom stereocenters. The van der Waals surface area contributed by atoms with Gasteiger partial charge in [0.25, 0.3) is 5.91 Å². The van der Waals surface area contributed by atoms with Crippen LogP contribution in [-0.2, 0) is 4.79 Å². The Balaban J connectivity index is 1.74. The summed E-state index contributed by atoms with van der Waals surface area (Å²) in [5.74, 6) is -0.140. The molecule has 2 amide bonds. The number of amides is 2. The maximum Gasteiger partial charge on any atom is 0.257 e. The highest BCUT2D eigenvalue weighted by atomic mass is 32.1. The largest absolute Gasteiger partial charge is 0.310 e. The SMILES string of the molecule is CC(=O)N(c1ccc(C(=O)Nc2nccs2)cc1)C1CCCC1. The number of hydrogen-bond acceptors (Lipinski definition) is 4. The number of thiazole rings is 1. The van der Waals surface area contributed by atoms with Crippen LogP contribution in [0, 0.1) is 0 Å². The number of benzene rings is 1. The first kappa shape index (κ1) is 15.7. The molecule has 0 aliphatic heterocycles. The average Bonchev–Trinajstić information content (AvgIpc) is 3.21. The van der Waals surface area contributed by atoms with Gasteiger partial charge in [0.15, 0.2) is 5.13 Å². The number of hydrogen-bond donors (Lipinski definition) is 1. The first-order valence-corrected chi connectivity index (χ1v) is 8.64. The highest BCUT2D eigenvalue weighted by Gasteiger charge is 2.25. The fourth-order valence-corrected chi connectivity index (χ4v) is 3.56. The van der Waals surface area contributed by atoms with Crippen LogP contribution in [0.5, 0.6) is 0 Å². The summed E-state index contributed by atoms with van der Waals surface area (Å²) in [4.78, 5) is 30.1. The molecule has 23 heavy (non-hydrogen) atoms. The van der Waals surface area contributed by atoms with E-state index in [1.165, 1.54) is 24.2 Å². The minimum atomic E-state index is -0.193. The van der Waals surface area contributed by atoms with Crippen LogP contribution >= 0.6 is 11.3 Å². The summed E-state index contributed by atoms with van der Waals surface area (Å²) in [7, 11) is 0. The van der Waals surface area contributed by atoms with Crippen molar-refractivity contribution in [2.24, 2.45) is 0 Å². The van der Waals surface area contributed by atoms with E-state index in [0.717, 1.165) is 18.5 Å². The van der Waals surface area contributed by atoms with Crippen molar-refractivity contribution < 1.29 is 9.59 Å². The molecule has 3 rings (SSSR count). The number of carbonyl (C=O) groups is 2. The van der Waals surface area contributed by atoms with Crippen LogP contribution < -0.4 is 10.2 Å². The smallest absolute Gasteiger partial charge is 0.257 e. The van der Waals surface area contributed by atoms with E-state index in [-0.39, 0.29) is 17.9 Å². The Labute approximate surface area is 139 Å². The first-order valence-electron chi connectivity index (χ1n) is 7.76. The van der Waals surface area contributed by atoms with E-state index in [0.29, 0.717) is 10.7 Å². The van der Waals surface area contributed by atoms with E-state index in [2.05, 4.69) is 10.3 Å². The summed E-state index contributed by atoms with van der Waals surface area (Å²) in [5, 5.41) is 5.14. The maximum absolute atomic E-state index is 12.2. The van der Waals surface area contributed by atoms with Crippen molar-refractivity contribution >= 4 is 34.0 Å². The van der Waals surface area contributed by atoms with Crippen molar-refractivity contribution in [1.82, 2.24) is 4.98 Å². The molecule has 1 aliphatic rings. The van der Waals surface area contributed by atoms with Crippen LogP contribution in [0.4, 0.5) is 10.8 Å². The van der Waals surface area contributed by atoms with Crippen LogP contribution in [0.15, 0.2) is 35.8 Å². The standard InChI is InChI=1S/C17H19N3O2S/c1-12(21)20(14-4-2-3-5-14)15-8-6-13(7-9-15)16(22)19-17-18-10-11-23-17/h6-11,14H,2-5H2,1H3,(H,18,19,22). The lowest BCUT2D eigenvalue weighted by molar-refractivity contribution is -0.117. The van der Waals surface area contributed by atoms with Crippen LogP contribution in [0.2, 0.25) is 0 Å². The van der Waals surface area contributed by atoms with Crippen molar-refractivity contribution in [2.45, 2.75) is 38.6 Å². The lowest BCUT2D eigenvalue weighted by Crippen LogP contribution is -2.37. The molecular formula is C17H19N3O2S. The van der Waals surface area contributed by atoms with Gasteiger partial charge in [-0.05, 0) is 37.1 Å². The Morgan fingerprint density at radius 3 is 2.48 bits per heavy atom. The molecule has 0 spiro atoms. The molecule has 5 nitrogen and oxygen atoms in total. The number of nitrogens with one attached hydrogen (secondary N) is 1. The van der Waals surface area contributed by atoms with Gasteiger partial charge in [0.2, 0.25) is 5.91 Å².